The van der Waals surface area contributed by atoms with Crippen molar-refractivity contribution in [3.63, 3.8) is 0 Å². The molecule has 0 amide bonds. The first-order chi connectivity index (χ1) is 9.83. The number of hydrogen-bond acceptors (Lipinski definition) is 2. The predicted molar refractivity (Wildman–Crippen MR) is 77.2 cm³/mol. The van der Waals surface area contributed by atoms with Crippen molar-refractivity contribution >= 4 is 5.78 Å². The number of allylic oxidation sites excluding steroid dienone is 2. The number of carbonyl (C=O) groups is 1. The van der Waals surface area contributed by atoms with Gasteiger partial charge in [-0.25, -0.2) is 0 Å². The lowest BCUT2D eigenvalue weighted by atomic mass is 9.68. The first-order valence-corrected chi connectivity index (χ1v) is 7.01. The summed E-state index contributed by atoms with van der Waals surface area (Å²) in [7, 11) is 0. The fourth-order valence-electron chi connectivity index (χ4n) is 3.93. The molecule has 1 saturated carbocycles. The summed E-state index contributed by atoms with van der Waals surface area (Å²) in [6.45, 7) is 0. The maximum atomic E-state index is 12.3. The third-order valence-corrected chi connectivity index (χ3v) is 4.72. The van der Waals surface area contributed by atoms with Gasteiger partial charge in [0.25, 0.3) is 0 Å². The van der Waals surface area contributed by atoms with Crippen LogP contribution in [0, 0.1) is 11.8 Å². The van der Waals surface area contributed by atoms with Crippen LogP contribution in [0.1, 0.15) is 17.7 Å². The number of aromatic nitrogens is 1. The van der Waals surface area contributed by atoms with Crippen LogP contribution in [0.2, 0.25) is 0 Å². The molecule has 2 aliphatic carbocycles. The molecule has 0 unspecified atom stereocenters. The van der Waals surface area contributed by atoms with Gasteiger partial charge >= 0.3 is 0 Å². The van der Waals surface area contributed by atoms with Crippen LogP contribution < -0.4 is 0 Å². The molecule has 0 N–H and O–H groups in total. The maximum absolute atomic E-state index is 12.3. The fourth-order valence-corrected chi connectivity index (χ4v) is 3.93. The van der Waals surface area contributed by atoms with E-state index in [1.807, 2.05) is 36.5 Å². The monoisotopic (exact) mass is 261 g/mol. The average molecular weight is 261 g/mol. The first-order valence-electron chi connectivity index (χ1n) is 7.01. The maximum Gasteiger partial charge on any atom is 0.141 e. The van der Waals surface area contributed by atoms with Crippen molar-refractivity contribution in [2.45, 2.75) is 11.8 Å². The molecule has 0 saturated heterocycles. The minimum absolute atomic E-state index is 0.0650. The SMILES string of the molecule is O=C1C[C@H]2C=C[C@@H]1[C@]2(c1ccccc1)c1ccccn1. The van der Waals surface area contributed by atoms with E-state index in [0.717, 1.165) is 5.69 Å². The molecular weight excluding hydrogens is 246 g/mol. The van der Waals surface area contributed by atoms with Crippen molar-refractivity contribution in [3.05, 3.63) is 78.1 Å². The van der Waals surface area contributed by atoms with Crippen LogP contribution in [-0.2, 0) is 10.2 Å². The number of fused-ring (bicyclic) bond motifs is 2. The minimum atomic E-state index is -0.292. The fraction of sp³-hybridized carbons (Fsp3) is 0.222. The number of ketones is 1. The molecule has 1 aromatic heterocycles. The second-order valence-electron chi connectivity index (χ2n) is 5.59. The molecule has 1 heterocycles. The molecule has 0 spiro atoms. The average Bonchev–Trinajstić information content (AvgIpc) is 3.01. The molecule has 0 aliphatic heterocycles. The Bertz CT molecular complexity index is 636. The molecule has 1 aromatic carbocycles. The highest BCUT2D eigenvalue weighted by Gasteiger charge is 2.58. The van der Waals surface area contributed by atoms with Crippen LogP contribution >= 0.6 is 0 Å². The number of nitrogens with zero attached hydrogens (tertiary/aromatic N) is 1. The van der Waals surface area contributed by atoms with Gasteiger partial charge in [0.05, 0.1) is 17.0 Å². The summed E-state index contributed by atoms with van der Waals surface area (Å²) in [5.41, 5.74) is 1.92. The number of rotatable bonds is 2. The Hall–Kier alpha value is -2.22. The van der Waals surface area contributed by atoms with Crippen LogP contribution in [0.25, 0.3) is 0 Å². The largest absolute Gasteiger partial charge is 0.299 e. The molecule has 2 heteroatoms. The van der Waals surface area contributed by atoms with E-state index < -0.39 is 0 Å². The van der Waals surface area contributed by atoms with E-state index in [4.69, 9.17) is 0 Å². The number of benzene rings is 1. The van der Waals surface area contributed by atoms with Crippen LogP contribution in [-0.4, -0.2) is 10.8 Å². The van der Waals surface area contributed by atoms with Crippen molar-refractivity contribution in [1.82, 2.24) is 4.98 Å². The lowest BCUT2D eigenvalue weighted by molar-refractivity contribution is -0.120. The van der Waals surface area contributed by atoms with Crippen LogP contribution in [0.4, 0.5) is 0 Å². The molecule has 2 nitrogen and oxygen atoms in total. The van der Waals surface area contributed by atoms with Crippen molar-refractivity contribution in [1.29, 1.82) is 0 Å². The van der Waals surface area contributed by atoms with Gasteiger partial charge in [0.15, 0.2) is 0 Å². The zero-order valence-electron chi connectivity index (χ0n) is 11.1. The quantitative estimate of drug-likeness (QED) is 0.777. The highest BCUT2D eigenvalue weighted by molar-refractivity contribution is 5.91. The third-order valence-electron chi connectivity index (χ3n) is 4.72. The highest BCUT2D eigenvalue weighted by Crippen LogP contribution is 2.56. The number of pyridine rings is 1. The minimum Gasteiger partial charge on any atom is -0.299 e. The molecule has 1 fully saturated rings. The van der Waals surface area contributed by atoms with E-state index in [2.05, 4.69) is 35.3 Å². The molecule has 20 heavy (non-hydrogen) atoms. The van der Waals surface area contributed by atoms with E-state index in [1.54, 1.807) is 0 Å². The normalized spacial score (nSPS) is 30.9. The Morgan fingerprint density at radius 3 is 2.40 bits per heavy atom. The van der Waals surface area contributed by atoms with E-state index in [0.29, 0.717) is 12.2 Å². The Kier molecular flexibility index (Phi) is 2.40. The van der Waals surface area contributed by atoms with E-state index >= 15 is 0 Å². The van der Waals surface area contributed by atoms with Gasteiger partial charge in [0, 0.05) is 12.6 Å². The zero-order chi connectivity index (χ0) is 13.6. The third kappa shape index (κ3) is 1.34. The second kappa shape index (κ2) is 4.14. The van der Waals surface area contributed by atoms with Gasteiger partial charge in [0.2, 0.25) is 0 Å². The van der Waals surface area contributed by atoms with Crippen molar-refractivity contribution < 1.29 is 4.79 Å². The standard InChI is InChI=1S/C18H15NO/c20-16-12-14-9-10-15(16)18(14,13-6-2-1-3-7-13)17-8-4-5-11-19-17/h1-11,14-15H,12H2/t14-,15+,18-/m1/s1. The van der Waals surface area contributed by atoms with Gasteiger partial charge in [-0.3, -0.25) is 9.78 Å². The van der Waals surface area contributed by atoms with Gasteiger partial charge < -0.3 is 0 Å². The van der Waals surface area contributed by atoms with Crippen LogP contribution in [0.3, 0.4) is 0 Å². The zero-order valence-corrected chi connectivity index (χ0v) is 11.1. The lowest BCUT2D eigenvalue weighted by Crippen LogP contribution is -2.35. The smallest absolute Gasteiger partial charge is 0.141 e. The van der Waals surface area contributed by atoms with Crippen LogP contribution in [0.5, 0.6) is 0 Å². The Balaban J connectivity index is 1.99. The number of hydrogen-bond donors (Lipinski definition) is 0. The molecule has 0 radical (unpaired) electrons. The van der Waals surface area contributed by atoms with Crippen molar-refractivity contribution in [3.8, 4) is 0 Å². The Labute approximate surface area is 118 Å². The molecule has 98 valence electrons. The summed E-state index contributed by atoms with van der Waals surface area (Å²) in [4.78, 5) is 16.9. The van der Waals surface area contributed by atoms with Gasteiger partial charge in [-0.1, -0.05) is 48.6 Å². The lowest BCUT2D eigenvalue weighted by Gasteiger charge is -2.34. The topological polar surface area (TPSA) is 30.0 Å². The van der Waals surface area contributed by atoms with Gasteiger partial charge in [0.1, 0.15) is 5.78 Å². The summed E-state index contributed by atoms with van der Waals surface area (Å²) in [5, 5.41) is 0. The second-order valence-corrected chi connectivity index (χ2v) is 5.59. The number of carbonyl (C=O) groups excluding carboxylic acids is 1. The van der Waals surface area contributed by atoms with Gasteiger partial charge in [-0.2, -0.15) is 0 Å². The van der Waals surface area contributed by atoms with Crippen molar-refractivity contribution in [2.24, 2.45) is 11.8 Å². The first kappa shape index (κ1) is 11.6. The highest BCUT2D eigenvalue weighted by atomic mass is 16.1. The van der Waals surface area contributed by atoms with Crippen molar-refractivity contribution in [2.75, 3.05) is 0 Å². The summed E-state index contributed by atoms with van der Waals surface area (Å²) < 4.78 is 0. The molecule has 3 atom stereocenters. The van der Waals surface area contributed by atoms with E-state index in [1.165, 1.54) is 5.56 Å². The molecule has 2 aliphatic rings. The summed E-state index contributed by atoms with van der Waals surface area (Å²) in [5.74, 6) is 0.508. The summed E-state index contributed by atoms with van der Waals surface area (Å²) >= 11 is 0. The number of Topliss-reactive ketones (excluding diaryl/α,β-unsaturated/α-hetero) is 1. The Morgan fingerprint density at radius 2 is 1.80 bits per heavy atom. The molecule has 2 bridgehead atoms. The molecular formula is C18H15NO. The summed E-state index contributed by atoms with van der Waals surface area (Å²) in [6.07, 6.45) is 6.74. The molecule has 2 aromatic rings. The molecule has 4 rings (SSSR count). The predicted octanol–water partition coefficient (Wildman–Crippen LogP) is 3.14. The van der Waals surface area contributed by atoms with Crippen LogP contribution in [0.15, 0.2) is 66.9 Å². The Morgan fingerprint density at radius 1 is 1.00 bits per heavy atom. The van der Waals surface area contributed by atoms with E-state index in [9.17, 15) is 4.79 Å². The summed E-state index contributed by atoms with van der Waals surface area (Å²) in [6, 6.07) is 16.3. The van der Waals surface area contributed by atoms with Gasteiger partial charge in [-0.05, 0) is 23.6 Å². The van der Waals surface area contributed by atoms with E-state index in [-0.39, 0.29) is 17.3 Å². The van der Waals surface area contributed by atoms with Gasteiger partial charge in [-0.15, -0.1) is 0 Å².